The number of esters is 1. The molecule has 0 saturated carbocycles. The maximum absolute atomic E-state index is 11.7. The van der Waals surface area contributed by atoms with Gasteiger partial charge in [0.15, 0.2) is 11.9 Å². The number of Topliss-reactive ketones (excluding diaryl/α,β-unsaturated/α-hetero) is 1. The Morgan fingerprint density at radius 2 is 1.88 bits per heavy atom. The van der Waals surface area contributed by atoms with E-state index >= 15 is 0 Å². The fraction of sp³-hybridized carbons (Fsp3) is 0.333. The first-order valence-corrected chi connectivity index (χ1v) is 4.90. The molecular weight excluding hydrogens is 208 g/mol. The van der Waals surface area contributed by atoms with Gasteiger partial charge in [-0.25, -0.2) is 4.79 Å². The molecule has 0 fully saturated rings. The molecule has 1 rings (SSSR count). The molecule has 1 aromatic carbocycles. The van der Waals surface area contributed by atoms with Gasteiger partial charge in [-0.05, 0) is 26.0 Å². The van der Waals surface area contributed by atoms with Crippen LogP contribution in [0.2, 0.25) is 0 Å². The zero-order valence-electron chi connectivity index (χ0n) is 9.52. The van der Waals surface area contributed by atoms with E-state index in [9.17, 15) is 9.59 Å². The average molecular weight is 222 g/mol. The van der Waals surface area contributed by atoms with Crippen molar-refractivity contribution in [3.63, 3.8) is 0 Å². The van der Waals surface area contributed by atoms with Crippen molar-refractivity contribution >= 4 is 11.8 Å². The molecule has 0 aliphatic carbocycles. The molecule has 1 aromatic rings. The SMILES string of the molecule is COc1ccccc1C(=O)OC(C)C(C)=O. The van der Waals surface area contributed by atoms with E-state index in [1.807, 2.05) is 0 Å². The summed E-state index contributed by atoms with van der Waals surface area (Å²) in [6.07, 6.45) is -0.739. The highest BCUT2D eigenvalue weighted by Gasteiger charge is 2.18. The summed E-state index contributed by atoms with van der Waals surface area (Å²) in [5.74, 6) is -0.313. The number of ketones is 1. The Labute approximate surface area is 94.2 Å². The highest BCUT2D eigenvalue weighted by atomic mass is 16.5. The Bertz CT molecular complexity index is 398. The summed E-state index contributed by atoms with van der Waals surface area (Å²) in [7, 11) is 1.47. The van der Waals surface area contributed by atoms with Crippen LogP contribution in [0.1, 0.15) is 24.2 Å². The summed E-state index contributed by atoms with van der Waals surface area (Å²) in [5, 5.41) is 0. The van der Waals surface area contributed by atoms with Crippen LogP contribution in [-0.4, -0.2) is 25.0 Å². The van der Waals surface area contributed by atoms with Crippen molar-refractivity contribution in [1.82, 2.24) is 0 Å². The molecule has 0 bridgehead atoms. The number of ether oxygens (including phenoxy) is 2. The first kappa shape index (κ1) is 12.2. The van der Waals surface area contributed by atoms with Gasteiger partial charge < -0.3 is 9.47 Å². The van der Waals surface area contributed by atoms with E-state index in [1.165, 1.54) is 21.0 Å². The maximum Gasteiger partial charge on any atom is 0.342 e. The van der Waals surface area contributed by atoms with Crippen LogP contribution in [0.4, 0.5) is 0 Å². The number of methoxy groups -OCH3 is 1. The quantitative estimate of drug-likeness (QED) is 0.729. The molecule has 86 valence electrons. The molecule has 0 amide bonds. The highest BCUT2D eigenvalue weighted by Crippen LogP contribution is 2.18. The maximum atomic E-state index is 11.7. The third-order valence-corrected chi connectivity index (χ3v) is 2.18. The van der Waals surface area contributed by atoms with Crippen LogP contribution >= 0.6 is 0 Å². The van der Waals surface area contributed by atoms with E-state index < -0.39 is 12.1 Å². The topological polar surface area (TPSA) is 52.6 Å². The van der Waals surface area contributed by atoms with Crippen LogP contribution in [0.15, 0.2) is 24.3 Å². The summed E-state index contributed by atoms with van der Waals surface area (Å²) in [5.41, 5.74) is 0.318. The number of benzene rings is 1. The minimum absolute atomic E-state index is 0.191. The zero-order chi connectivity index (χ0) is 12.1. The summed E-state index contributed by atoms with van der Waals surface area (Å²) in [6, 6.07) is 6.71. The lowest BCUT2D eigenvalue weighted by Gasteiger charge is -2.11. The molecule has 0 aliphatic heterocycles. The lowest BCUT2D eigenvalue weighted by molar-refractivity contribution is -0.124. The smallest absolute Gasteiger partial charge is 0.342 e. The number of para-hydroxylation sites is 1. The summed E-state index contributed by atoms with van der Waals surface area (Å²) < 4.78 is 9.99. The van der Waals surface area contributed by atoms with Gasteiger partial charge >= 0.3 is 5.97 Å². The molecule has 0 spiro atoms. The van der Waals surface area contributed by atoms with Crippen molar-refractivity contribution in [2.24, 2.45) is 0 Å². The molecule has 0 aliphatic rings. The Morgan fingerprint density at radius 1 is 1.25 bits per heavy atom. The molecular formula is C12H14O4. The van der Waals surface area contributed by atoms with Crippen molar-refractivity contribution in [3.8, 4) is 5.75 Å². The Kier molecular flexibility index (Phi) is 4.05. The second kappa shape index (κ2) is 5.30. The molecule has 4 nitrogen and oxygen atoms in total. The van der Waals surface area contributed by atoms with Crippen molar-refractivity contribution in [2.45, 2.75) is 20.0 Å². The lowest BCUT2D eigenvalue weighted by atomic mass is 10.2. The Balaban J connectivity index is 2.84. The second-order valence-corrected chi connectivity index (χ2v) is 3.36. The Morgan fingerprint density at radius 3 is 2.44 bits per heavy atom. The van der Waals surface area contributed by atoms with E-state index in [4.69, 9.17) is 9.47 Å². The number of rotatable bonds is 4. The zero-order valence-corrected chi connectivity index (χ0v) is 9.52. The standard InChI is InChI=1S/C12H14O4/c1-8(13)9(2)16-12(14)10-6-4-5-7-11(10)15-3/h4-7,9H,1-3H3. The van der Waals surface area contributed by atoms with E-state index in [0.29, 0.717) is 11.3 Å². The van der Waals surface area contributed by atoms with Gasteiger partial charge in [0.05, 0.1) is 7.11 Å². The van der Waals surface area contributed by atoms with Crippen molar-refractivity contribution < 1.29 is 19.1 Å². The minimum atomic E-state index is -0.739. The van der Waals surface area contributed by atoms with Gasteiger partial charge in [0, 0.05) is 0 Å². The van der Waals surface area contributed by atoms with Gasteiger partial charge in [-0.2, -0.15) is 0 Å². The van der Waals surface area contributed by atoms with Gasteiger partial charge in [-0.15, -0.1) is 0 Å². The van der Waals surface area contributed by atoms with Crippen LogP contribution in [0, 0.1) is 0 Å². The summed E-state index contributed by atoms with van der Waals surface area (Å²) in [6.45, 7) is 2.91. The fourth-order valence-corrected chi connectivity index (χ4v) is 1.12. The van der Waals surface area contributed by atoms with E-state index in [2.05, 4.69) is 0 Å². The first-order valence-electron chi connectivity index (χ1n) is 4.90. The first-order chi connectivity index (χ1) is 7.56. The molecule has 4 heteroatoms. The molecule has 0 N–H and O–H groups in total. The minimum Gasteiger partial charge on any atom is -0.496 e. The van der Waals surface area contributed by atoms with Crippen LogP contribution in [-0.2, 0) is 9.53 Å². The number of hydrogen-bond acceptors (Lipinski definition) is 4. The second-order valence-electron chi connectivity index (χ2n) is 3.36. The van der Waals surface area contributed by atoms with Crippen LogP contribution in [0.3, 0.4) is 0 Å². The monoisotopic (exact) mass is 222 g/mol. The van der Waals surface area contributed by atoms with Crippen LogP contribution in [0.25, 0.3) is 0 Å². The van der Waals surface area contributed by atoms with E-state index in [0.717, 1.165) is 0 Å². The van der Waals surface area contributed by atoms with Crippen LogP contribution in [0.5, 0.6) is 5.75 Å². The van der Waals surface area contributed by atoms with Gasteiger partial charge in [-0.3, -0.25) is 4.79 Å². The third kappa shape index (κ3) is 2.82. The molecule has 0 aromatic heterocycles. The molecule has 0 saturated heterocycles. The summed E-state index contributed by atoms with van der Waals surface area (Å²) >= 11 is 0. The van der Waals surface area contributed by atoms with Gasteiger partial charge in [0.1, 0.15) is 11.3 Å². The number of carbonyl (C=O) groups excluding carboxylic acids is 2. The third-order valence-electron chi connectivity index (χ3n) is 2.18. The normalized spacial score (nSPS) is 11.7. The average Bonchev–Trinajstić information content (AvgIpc) is 2.28. The van der Waals surface area contributed by atoms with Crippen molar-refractivity contribution in [1.29, 1.82) is 0 Å². The molecule has 0 radical (unpaired) electrons. The molecule has 1 unspecified atom stereocenters. The molecule has 16 heavy (non-hydrogen) atoms. The van der Waals surface area contributed by atoms with Gasteiger partial charge in [-0.1, -0.05) is 12.1 Å². The lowest BCUT2D eigenvalue weighted by Crippen LogP contribution is -2.22. The van der Waals surface area contributed by atoms with Crippen molar-refractivity contribution in [3.05, 3.63) is 29.8 Å². The van der Waals surface area contributed by atoms with E-state index in [-0.39, 0.29) is 5.78 Å². The largest absolute Gasteiger partial charge is 0.496 e. The van der Waals surface area contributed by atoms with E-state index in [1.54, 1.807) is 24.3 Å². The molecule has 0 heterocycles. The Hall–Kier alpha value is -1.84. The number of carbonyl (C=O) groups is 2. The number of hydrogen-bond donors (Lipinski definition) is 0. The summed E-state index contributed by atoms with van der Waals surface area (Å²) in [4.78, 5) is 22.6. The van der Waals surface area contributed by atoms with Gasteiger partial charge in [0.2, 0.25) is 0 Å². The van der Waals surface area contributed by atoms with Gasteiger partial charge in [0.25, 0.3) is 0 Å². The molecule has 1 atom stereocenters. The predicted molar refractivity (Wildman–Crippen MR) is 58.6 cm³/mol. The predicted octanol–water partition coefficient (Wildman–Crippen LogP) is 1.83. The van der Waals surface area contributed by atoms with Crippen LogP contribution < -0.4 is 4.74 Å². The highest BCUT2D eigenvalue weighted by molar-refractivity contribution is 5.94. The fourth-order valence-electron chi connectivity index (χ4n) is 1.12. The van der Waals surface area contributed by atoms with Crippen molar-refractivity contribution in [2.75, 3.05) is 7.11 Å².